The summed E-state index contributed by atoms with van der Waals surface area (Å²) < 4.78 is 45.3. The van der Waals surface area contributed by atoms with Crippen LogP contribution in [0.3, 0.4) is 0 Å². The molecular weight excluding hydrogens is 482 g/mol. The lowest BCUT2D eigenvalue weighted by Gasteiger charge is -2.23. The maximum atomic E-state index is 14.1. The van der Waals surface area contributed by atoms with E-state index in [2.05, 4.69) is 20.0 Å². The molecule has 0 saturated carbocycles. The van der Waals surface area contributed by atoms with E-state index in [9.17, 15) is 18.9 Å². The highest BCUT2D eigenvalue weighted by Gasteiger charge is 2.34. The monoisotopic (exact) mass is 506 g/mol. The molecule has 0 saturated heterocycles. The number of aliphatic carboxylic acids is 1. The molecule has 0 aliphatic heterocycles. The Hall–Kier alpha value is -3.54. The van der Waals surface area contributed by atoms with Crippen molar-refractivity contribution in [3.63, 3.8) is 0 Å². The Morgan fingerprint density at radius 1 is 1.37 bits per heavy atom. The van der Waals surface area contributed by atoms with Crippen molar-refractivity contribution < 1.29 is 32.6 Å². The van der Waals surface area contributed by atoms with E-state index in [0.717, 1.165) is 6.07 Å². The minimum Gasteiger partial charge on any atom is -0.480 e. The topological polar surface area (TPSA) is 164 Å². The second kappa shape index (κ2) is 9.98. The quantitative estimate of drug-likeness (QED) is 0.274. The highest BCUT2D eigenvalue weighted by atomic mass is 31.2. The first-order valence-electron chi connectivity index (χ1n) is 10.6. The molecule has 0 spiro atoms. The number of hydrogen-bond acceptors (Lipinski definition) is 9. The first-order valence-corrected chi connectivity index (χ1v) is 12.1. The second-order valence-corrected chi connectivity index (χ2v) is 9.56. The molecule has 0 amide bonds. The highest BCUT2D eigenvalue weighted by Crippen LogP contribution is 2.46. The van der Waals surface area contributed by atoms with Gasteiger partial charge in [0.2, 0.25) is 11.8 Å². The first-order chi connectivity index (χ1) is 16.7. The Morgan fingerprint density at radius 3 is 2.86 bits per heavy atom. The number of hydrogen-bond donors (Lipinski definition) is 3. The van der Waals surface area contributed by atoms with Crippen LogP contribution in [-0.4, -0.2) is 50.4 Å². The lowest BCUT2D eigenvalue weighted by molar-refractivity contribution is -0.138. The molecule has 35 heavy (non-hydrogen) atoms. The van der Waals surface area contributed by atoms with Crippen LogP contribution in [0.25, 0.3) is 11.2 Å². The Labute approximate surface area is 199 Å². The van der Waals surface area contributed by atoms with Crippen molar-refractivity contribution in [2.75, 3.05) is 19.5 Å². The van der Waals surface area contributed by atoms with Crippen molar-refractivity contribution in [3.8, 4) is 11.6 Å². The van der Waals surface area contributed by atoms with E-state index in [0.29, 0.717) is 17.6 Å². The van der Waals surface area contributed by atoms with Crippen molar-refractivity contribution in [1.29, 1.82) is 0 Å². The Balaban J connectivity index is 1.48. The number of aromatic nitrogens is 4. The molecular formula is C21H24FN6O6P. The smallest absolute Gasteiger partial charge is 0.459 e. The number of para-hydroxylation sites is 1. The molecule has 12 nitrogen and oxygen atoms in total. The first kappa shape index (κ1) is 24.6. The van der Waals surface area contributed by atoms with Gasteiger partial charge in [0.1, 0.15) is 6.04 Å². The van der Waals surface area contributed by atoms with E-state index in [1.54, 1.807) is 6.33 Å². The SMILES string of the molecule is COc1nc(N)nc2c1ncn2[C@H]1C=C[C@@H](COP(=O)(NC(C)C(=O)O)Oc2ccccc2F)C1. The second-order valence-electron chi connectivity index (χ2n) is 7.87. The number of nitrogens with one attached hydrogen (secondary N) is 1. The number of halogens is 1. The van der Waals surface area contributed by atoms with Crippen molar-refractivity contribution in [2.45, 2.75) is 25.4 Å². The fourth-order valence-corrected chi connectivity index (χ4v) is 5.16. The average molecular weight is 506 g/mol. The van der Waals surface area contributed by atoms with Gasteiger partial charge in [0.15, 0.2) is 22.7 Å². The minimum absolute atomic E-state index is 0.0443. The lowest BCUT2D eigenvalue weighted by Crippen LogP contribution is -2.33. The molecule has 1 aromatic carbocycles. The van der Waals surface area contributed by atoms with E-state index in [-0.39, 0.29) is 36.1 Å². The number of anilines is 1. The van der Waals surface area contributed by atoms with Gasteiger partial charge in [-0.05, 0) is 25.5 Å². The maximum absolute atomic E-state index is 14.1. The molecule has 1 aliphatic carbocycles. The number of ether oxygens (including phenoxy) is 1. The number of allylic oxidation sites excluding steroid dienone is 1. The van der Waals surface area contributed by atoms with E-state index in [1.807, 2.05) is 16.7 Å². The van der Waals surface area contributed by atoms with Crippen molar-refractivity contribution in [1.82, 2.24) is 24.6 Å². The van der Waals surface area contributed by atoms with Crippen LogP contribution in [0.5, 0.6) is 11.6 Å². The van der Waals surface area contributed by atoms with Gasteiger partial charge >= 0.3 is 13.7 Å². The van der Waals surface area contributed by atoms with Crippen LogP contribution in [0.4, 0.5) is 10.3 Å². The highest BCUT2D eigenvalue weighted by molar-refractivity contribution is 7.52. The molecule has 2 unspecified atom stereocenters. The summed E-state index contributed by atoms with van der Waals surface area (Å²) in [5.74, 6) is -2.25. The molecule has 2 aromatic heterocycles. The number of carboxylic acid groups (broad SMARTS) is 1. The van der Waals surface area contributed by atoms with Gasteiger partial charge in [-0.2, -0.15) is 15.1 Å². The van der Waals surface area contributed by atoms with Gasteiger partial charge in [0.25, 0.3) is 0 Å². The van der Waals surface area contributed by atoms with Crippen LogP contribution in [0.15, 0.2) is 42.7 Å². The van der Waals surface area contributed by atoms with Gasteiger partial charge in [0, 0.05) is 5.92 Å². The standard InChI is InChI=1S/C21H24FN6O6P/c1-12(20(29)30)27-35(31,34-16-6-4-3-5-15(16)22)33-10-13-7-8-14(9-13)28-11-24-17-18(28)25-21(23)26-19(17)32-2/h3-8,11-14H,9-10H2,1-2H3,(H,27,31)(H,29,30)(H2,23,25,26)/t12?,13-,14+,35?/m1/s1. The maximum Gasteiger partial charge on any atom is 0.459 e. The summed E-state index contributed by atoms with van der Waals surface area (Å²) in [6.07, 6.45) is 5.91. The largest absolute Gasteiger partial charge is 0.480 e. The number of carbonyl (C=O) groups is 1. The van der Waals surface area contributed by atoms with Crippen molar-refractivity contribution in [2.24, 2.45) is 5.92 Å². The third kappa shape index (κ3) is 5.42. The summed E-state index contributed by atoms with van der Waals surface area (Å²) in [6, 6.07) is 3.91. The summed E-state index contributed by atoms with van der Waals surface area (Å²) in [5, 5.41) is 11.5. The van der Waals surface area contributed by atoms with Gasteiger partial charge in [-0.15, -0.1) is 0 Å². The van der Waals surface area contributed by atoms with Crippen LogP contribution < -0.4 is 20.1 Å². The zero-order chi connectivity index (χ0) is 25.2. The summed E-state index contributed by atoms with van der Waals surface area (Å²) in [4.78, 5) is 23.9. The van der Waals surface area contributed by atoms with E-state index >= 15 is 0 Å². The number of fused-ring (bicyclic) bond motifs is 1. The number of imidazole rings is 1. The Kier molecular flexibility index (Phi) is 7.01. The predicted molar refractivity (Wildman–Crippen MR) is 123 cm³/mol. The molecule has 14 heteroatoms. The summed E-state index contributed by atoms with van der Waals surface area (Å²) in [7, 11) is -2.78. The minimum atomic E-state index is -4.24. The molecule has 3 aromatic rings. The molecule has 1 aliphatic rings. The van der Waals surface area contributed by atoms with Crippen LogP contribution in [-0.2, 0) is 13.9 Å². The third-order valence-corrected chi connectivity index (χ3v) is 6.97. The summed E-state index contributed by atoms with van der Waals surface area (Å²) in [5.41, 5.74) is 6.74. The predicted octanol–water partition coefficient (Wildman–Crippen LogP) is 2.94. The molecule has 186 valence electrons. The fraction of sp³-hybridized carbons (Fsp3) is 0.333. The zero-order valence-corrected chi connectivity index (χ0v) is 19.8. The zero-order valence-electron chi connectivity index (χ0n) is 18.9. The van der Waals surface area contributed by atoms with Gasteiger partial charge in [0.05, 0.1) is 26.1 Å². The average Bonchev–Trinajstić information content (AvgIpc) is 3.45. The third-order valence-electron chi connectivity index (χ3n) is 5.34. The van der Waals surface area contributed by atoms with Gasteiger partial charge < -0.3 is 24.7 Å². The summed E-state index contributed by atoms with van der Waals surface area (Å²) in [6.45, 7) is 1.20. The number of nitrogens with zero attached hydrogens (tertiary/aromatic N) is 4. The van der Waals surface area contributed by atoms with Crippen LogP contribution in [0, 0.1) is 11.7 Å². The van der Waals surface area contributed by atoms with Gasteiger partial charge in [-0.1, -0.05) is 24.3 Å². The molecule has 0 fully saturated rings. The van der Waals surface area contributed by atoms with Crippen LogP contribution in [0.2, 0.25) is 0 Å². The summed E-state index contributed by atoms with van der Waals surface area (Å²) >= 11 is 0. The van der Waals surface area contributed by atoms with E-state index < -0.39 is 25.6 Å². The molecule has 0 bridgehead atoms. The number of rotatable bonds is 10. The van der Waals surface area contributed by atoms with E-state index in [1.165, 1.54) is 32.2 Å². The number of methoxy groups -OCH3 is 1. The number of nitrogen functional groups attached to an aromatic ring is 1. The normalized spacial score (nSPS) is 20.0. The lowest BCUT2D eigenvalue weighted by atomic mass is 10.1. The molecule has 4 atom stereocenters. The van der Waals surface area contributed by atoms with Gasteiger partial charge in [-0.3, -0.25) is 9.32 Å². The van der Waals surface area contributed by atoms with E-state index in [4.69, 9.17) is 19.5 Å². The molecule has 0 radical (unpaired) electrons. The molecule has 4 N–H and O–H groups in total. The van der Waals surface area contributed by atoms with Crippen molar-refractivity contribution >= 4 is 30.8 Å². The van der Waals surface area contributed by atoms with Crippen LogP contribution in [0.1, 0.15) is 19.4 Å². The Bertz CT molecular complexity index is 1320. The number of carboxylic acids is 1. The number of benzene rings is 1. The Morgan fingerprint density at radius 2 is 2.14 bits per heavy atom. The van der Waals surface area contributed by atoms with Crippen LogP contribution >= 0.6 is 7.75 Å². The van der Waals surface area contributed by atoms with Gasteiger partial charge in [-0.25, -0.2) is 13.9 Å². The van der Waals surface area contributed by atoms with Crippen molar-refractivity contribution in [3.05, 3.63) is 48.6 Å². The number of nitrogens with two attached hydrogens (primary N) is 1. The molecule has 4 rings (SSSR count). The fourth-order valence-electron chi connectivity index (χ4n) is 3.60. The molecule has 2 heterocycles.